The number of aryl methyl sites for hydroxylation is 2. The second-order valence-electron chi connectivity index (χ2n) is 6.03. The molecule has 3 aromatic rings. The quantitative estimate of drug-likeness (QED) is 0.479. The molecule has 0 saturated carbocycles. The Morgan fingerprint density at radius 3 is 1.92 bits per heavy atom. The van der Waals surface area contributed by atoms with E-state index >= 15 is 0 Å². The van der Waals surface area contributed by atoms with Gasteiger partial charge in [-0.3, -0.25) is 0 Å². The molecule has 0 unspecified atom stereocenters. The summed E-state index contributed by atoms with van der Waals surface area (Å²) in [6, 6.07) is 19.5. The van der Waals surface area contributed by atoms with Gasteiger partial charge in [0.2, 0.25) is 0 Å². The standard InChI is InChI=1S/C21H17F3S/c1-14-10-15(2)12-20(11-14)25-19-5-3-4-17(13-19)16-6-8-18(9-7-16)21(22,23)24/h3-13H,1-2H3. The van der Waals surface area contributed by atoms with Crippen LogP contribution in [-0.4, -0.2) is 0 Å². The Morgan fingerprint density at radius 2 is 1.32 bits per heavy atom. The molecule has 128 valence electrons. The van der Waals surface area contributed by atoms with Crippen molar-refractivity contribution in [2.45, 2.75) is 29.8 Å². The van der Waals surface area contributed by atoms with Gasteiger partial charge in [0.05, 0.1) is 5.56 Å². The summed E-state index contributed by atoms with van der Waals surface area (Å²) in [6.45, 7) is 4.13. The summed E-state index contributed by atoms with van der Waals surface area (Å²) in [5, 5.41) is 0. The van der Waals surface area contributed by atoms with E-state index in [9.17, 15) is 13.2 Å². The molecule has 0 fully saturated rings. The molecule has 0 aliphatic rings. The van der Waals surface area contributed by atoms with Crippen LogP contribution in [0.5, 0.6) is 0 Å². The Morgan fingerprint density at radius 1 is 0.680 bits per heavy atom. The SMILES string of the molecule is Cc1cc(C)cc(Sc2cccc(-c3ccc(C(F)(F)F)cc3)c2)c1. The van der Waals surface area contributed by atoms with Gasteiger partial charge in [-0.25, -0.2) is 0 Å². The molecule has 0 spiro atoms. The average molecular weight is 358 g/mol. The van der Waals surface area contributed by atoms with E-state index in [1.165, 1.54) is 23.3 Å². The second-order valence-corrected chi connectivity index (χ2v) is 7.18. The Balaban J connectivity index is 1.86. The maximum absolute atomic E-state index is 12.7. The summed E-state index contributed by atoms with van der Waals surface area (Å²) in [4.78, 5) is 2.21. The lowest BCUT2D eigenvalue weighted by molar-refractivity contribution is -0.137. The lowest BCUT2D eigenvalue weighted by Gasteiger charge is -2.09. The predicted octanol–water partition coefficient (Wildman–Crippen LogP) is 7.14. The Labute approximate surface area is 149 Å². The zero-order valence-electron chi connectivity index (χ0n) is 13.9. The summed E-state index contributed by atoms with van der Waals surface area (Å²) < 4.78 is 38.1. The van der Waals surface area contributed by atoms with Crippen LogP contribution >= 0.6 is 11.8 Å². The van der Waals surface area contributed by atoms with Gasteiger partial charge in [-0.1, -0.05) is 42.1 Å². The van der Waals surface area contributed by atoms with Crippen molar-refractivity contribution < 1.29 is 13.2 Å². The summed E-state index contributed by atoms with van der Waals surface area (Å²) in [5.41, 5.74) is 3.47. The van der Waals surface area contributed by atoms with Crippen molar-refractivity contribution in [2.24, 2.45) is 0 Å². The molecule has 3 rings (SSSR count). The minimum Gasteiger partial charge on any atom is -0.166 e. The van der Waals surface area contributed by atoms with Gasteiger partial charge in [-0.2, -0.15) is 13.2 Å². The van der Waals surface area contributed by atoms with Crippen LogP contribution in [0.1, 0.15) is 16.7 Å². The van der Waals surface area contributed by atoms with Gasteiger partial charge < -0.3 is 0 Å². The molecule has 25 heavy (non-hydrogen) atoms. The number of hydrogen-bond acceptors (Lipinski definition) is 1. The maximum Gasteiger partial charge on any atom is 0.416 e. The molecule has 0 radical (unpaired) electrons. The number of benzene rings is 3. The largest absolute Gasteiger partial charge is 0.416 e. The highest BCUT2D eigenvalue weighted by Crippen LogP contribution is 2.34. The van der Waals surface area contributed by atoms with Gasteiger partial charge in [0.15, 0.2) is 0 Å². The van der Waals surface area contributed by atoms with Crippen molar-refractivity contribution in [1.29, 1.82) is 0 Å². The molecule has 0 aliphatic carbocycles. The predicted molar refractivity (Wildman–Crippen MR) is 96.9 cm³/mol. The van der Waals surface area contributed by atoms with E-state index in [-0.39, 0.29) is 0 Å². The van der Waals surface area contributed by atoms with Crippen LogP contribution in [0, 0.1) is 13.8 Å². The van der Waals surface area contributed by atoms with Gasteiger partial charge in [0, 0.05) is 9.79 Å². The monoisotopic (exact) mass is 358 g/mol. The first-order valence-electron chi connectivity index (χ1n) is 7.85. The van der Waals surface area contributed by atoms with E-state index in [0.29, 0.717) is 0 Å². The van der Waals surface area contributed by atoms with Crippen molar-refractivity contribution in [1.82, 2.24) is 0 Å². The van der Waals surface area contributed by atoms with Crippen molar-refractivity contribution in [2.75, 3.05) is 0 Å². The molecule has 0 heterocycles. The van der Waals surface area contributed by atoms with Crippen LogP contribution in [-0.2, 0) is 6.18 Å². The van der Waals surface area contributed by atoms with Gasteiger partial charge in [0.25, 0.3) is 0 Å². The van der Waals surface area contributed by atoms with Gasteiger partial charge in [0.1, 0.15) is 0 Å². The molecule has 0 bridgehead atoms. The summed E-state index contributed by atoms with van der Waals surface area (Å²) in [5.74, 6) is 0. The Hall–Kier alpha value is -2.20. The van der Waals surface area contributed by atoms with E-state index in [0.717, 1.165) is 33.1 Å². The number of halogens is 3. The first-order chi connectivity index (χ1) is 11.8. The van der Waals surface area contributed by atoms with Crippen molar-refractivity contribution in [3.8, 4) is 11.1 Å². The van der Waals surface area contributed by atoms with Gasteiger partial charge in [-0.15, -0.1) is 0 Å². The molecule has 0 nitrogen and oxygen atoms in total. The van der Waals surface area contributed by atoms with E-state index in [1.807, 2.05) is 24.3 Å². The van der Waals surface area contributed by atoms with Crippen LogP contribution < -0.4 is 0 Å². The molecule has 0 N–H and O–H groups in total. The number of hydrogen-bond donors (Lipinski definition) is 0. The average Bonchev–Trinajstić information content (AvgIpc) is 2.53. The zero-order valence-corrected chi connectivity index (χ0v) is 14.7. The highest BCUT2D eigenvalue weighted by Gasteiger charge is 2.29. The Bertz CT molecular complexity index is 860. The first kappa shape index (κ1) is 17.6. The van der Waals surface area contributed by atoms with E-state index in [4.69, 9.17) is 0 Å². The van der Waals surface area contributed by atoms with Gasteiger partial charge >= 0.3 is 6.18 Å². The third-order valence-electron chi connectivity index (χ3n) is 3.81. The fourth-order valence-electron chi connectivity index (χ4n) is 2.72. The van der Waals surface area contributed by atoms with Crippen LogP contribution in [0.4, 0.5) is 13.2 Å². The molecule has 0 amide bonds. The highest BCUT2D eigenvalue weighted by molar-refractivity contribution is 7.99. The highest BCUT2D eigenvalue weighted by atomic mass is 32.2. The minimum absolute atomic E-state index is 0.628. The summed E-state index contributed by atoms with van der Waals surface area (Å²) in [6.07, 6.45) is -4.31. The van der Waals surface area contributed by atoms with Crippen LogP contribution in [0.2, 0.25) is 0 Å². The Kier molecular flexibility index (Phi) is 4.91. The zero-order chi connectivity index (χ0) is 18.0. The van der Waals surface area contributed by atoms with Crippen molar-refractivity contribution in [3.63, 3.8) is 0 Å². The normalized spacial score (nSPS) is 11.6. The van der Waals surface area contributed by atoms with E-state index in [2.05, 4.69) is 32.0 Å². The molecular weight excluding hydrogens is 341 g/mol. The fraction of sp³-hybridized carbons (Fsp3) is 0.143. The minimum atomic E-state index is -4.31. The van der Waals surface area contributed by atoms with Gasteiger partial charge in [-0.05, 0) is 72.5 Å². The number of rotatable bonds is 3. The summed E-state index contributed by atoms with van der Waals surface area (Å²) >= 11 is 1.65. The molecule has 0 aliphatic heterocycles. The topological polar surface area (TPSA) is 0 Å². The van der Waals surface area contributed by atoms with Crippen molar-refractivity contribution in [3.05, 3.63) is 83.4 Å². The molecule has 0 saturated heterocycles. The van der Waals surface area contributed by atoms with E-state index < -0.39 is 11.7 Å². The smallest absolute Gasteiger partial charge is 0.166 e. The molecule has 0 atom stereocenters. The molecular formula is C21H17F3S. The van der Waals surface area contributed by atoms with Crippen LogP contribution in [0.25, 0.3) is 11.1 Å². The summed E-state index contributed by atoms with van der Waals surface area (Å²) in [7, 11) is 0. The molecule has 0 aromatic heterocycles. The third kappa shape index (κ3) is 4.45. The molecule has 4 heteroatoms. The van der Waals surface area contributed by atoms with Crippen LogP contribution in [0.15, 0.2) is 76.5 Å². The lowest BCUT2D eigenvalue weighted by Crippen LogP contribution is -2.03. The van der Waals surface area contributed by atoms with Crippen molar-refractivity contribution >= 4 is 11.8 Å². The van der Waals surface area contributed by atoms with Crippen LogP contribution in [0.3, 0.4) is 0 Å². The maximum atomic E-state index is 12.7. The lowest BCUT2D eigenvalue weighted by atomic mass is 10.0. The van der Waals surface area contributed by atoms with E-state index in [1.54, 1.807) is 11.8 Å². The first-order valence-corrected chi connectivity index (χ1v) is 8.67. The number of alkyl halides is 3. The third-order valence-corrected chi connectivity index (χ3v) is 4.77. The second kappa shape index (κ2) is 6.96. The molecule has 3 aromatic carbocycles. The fourth-order valence-corrected chi connectivity index (χ4v) is 3.81.